The molecule has 0 spiro atoms. The van der Waals surface area contributed by atoms with Gasteiger partial charge in [0.25, 0.3) is 0 Å². The molecule has 2 fully saturated rings. The summed E-state index contributed by atoms with van der Waals surface area (Å²) < 4.78 is 5.85. The zero-order chi connectivity index (χ0) is 20.4. The molecule has 0 aromatic carbocycles. The van der Waals surface area contributed by atoms with Crippen LogP contribution in [0.15, 0.2) is 0 Å². The van der Waals surface area contributed by atoms with Crippen molar-refractivity contribution in [1.29, 1.82) is 0 Å². The van der Waals surface area contributed by atoms with E-state index in [9.17, 15) is 0 Å². The molecular weight excluding hydrogens is 380 g/mol. The maximum atomic E-state index is 5.85. The van der Waals surface area contributed by atoms with Crippen LogP contribution in [-0.2, 0) is 4.43 Å². The van der Waals surface area contributed by atoms with Crippen LogP contribution in [-0.4, -0.2) is 117 Å². The van der Waals surface area contributed by atoms with E-state index in [-0.39, 0.29) is 5.60 Å². The van der Waals surface area contributed by atoms with E-state index in [0.717, 1.165) is 9.52 Å². The van der Waals surface area contributed by atoms with Gasteiger partial charge in [0.05, 0.1) is 9.52 Å². The molecule has 2 aliphatic rings. The molecule has 0 aromatic rings. The normalized spacial score (nSPS) is 21.6. The van der Waals surface area contributed by atoms with Crippen LogP contribution in [0.5, 0.6) is 0 Å². The van der Waals surface area contributed by atoms with E-state index in [2.05, 4.69) is 54.5 Å². The van der Waals surface area contributed by atoms with Gasteiger partial charge in [-0.05, 0) is 40.9 Å². The minimum Gasteiger partial charge on any atom is -0.413 e. The van der Waals surface area contributed by atoms with Crippen molar-refractivity contribution in [3.8, 4) is 0 Å². The Hall–Kier alpha value is 0.234. The fourth-order valence-electron chi connectivity index (χ4n) is 3.80. The number of hydrogen-bond acceptors (Lipinski definition) is 5. The number of piperazine rings is 2. The maximum absolute atomic E-state index is 5.85. The molecular formula is C21H44N4OSi2. The summed E-state index contributed by atoms with van der Waals surface area (Å²) in [6, 6.07) is 2.65. The van der Waals surface area contributed by atoms with E-state index in [4.69, 9.17) is 4.43 Å². The summed E-state index contributed by atoms with van der Waals surface area (Å²) in [5.41, 5.74) is 0.0289. The molecule has 0 aromatic heterocycles. The second kappa shape index (κ2) is 12.8. The van der Waals surface area contributed by atoms with Gasteiger partial charge in [-0.15, -0.1) is 0 Å². The van der Waals surface area contributed by atoms with Crippen molar-refractivity contribution in [3.05, 3.63) is 0 Å². The first-order chi connectivity index (χ1) is 13.3. The largest absolute Gasteiger partial charge is 0.413 e. The predicted molar refractivity (Wildman–Crippen MR) is 122 cm³/mol. The molecule has 2 rings (SSSR count). The minimum atomic E-state index is 0.0289. The van der Waals surface area contributed by atoms with Gasteiger partial charge >= 0.3 is 0 Å². The topological polar surface area (TPSA) is 22.2 Å². The van der Waals surface area contributed by atoms with Gasteiger partial charge in [0.2, 0.25) is 9.76 Å². The third kappa shape index (κ3) is 9.82. The zero-order valence-electron chi connectivity index (χ0n) is 19.2. The number of nitrogens with zero attached hydrogens (tertiary/aromatic N) is 4. The van der Waals surface area contributed by atoms with Crippen molar-refractivity contribution in [2.75, 3.05) is 66.5 Å². The van der Waals surface area contributed by atoms with Crippen molar-refractivity contribution < 1.29 is 4.43 Å². The van der Waals surface area contributed by atoms with Crippen LogP contribution in [0.2, 0.25) is 12.1 Å². The Morgan fingerprint density at radius 2 is 1.18 bits per heavy atom. The zero-order valence-corrected chi connectivity index (χ0v) is 21.2. The molecule has 0 atom stereocenters. The van der Waals surface area contributed by atoms with E-state index in [1.807, 2.05) is 0 Å². The first kappa shape index (κ1) is 24.5. The summed E-state index contributed by atoms with van der Waals surface area (Å²) >= 11 is 0. The lowest BCUT2D eigenvalue weighted by Crippen LogP contribution is -2.61. The van der Waals surface area contributed by atoms with Crippen molar-refractivity contribution in [1.82, 2.24) is 19.6 Å². The average molecular weight is 425 g/mol. The van der Waals surface area contributed by atoms with Crippen LogP contribution < -0.4 is 0 Å². The first-order valence-electron chi connectivity index (χ1n) is 11.3. The second-order valence-corrected chi connectivity index (χ2v) is 11.9. The number of rotatable bonds is 11. The molecule has 0 aliphatic carbocycles. The standard InChI is InChI=1S/C21H44N4OSi2/c1-21(2,3)26-28-19-9-7-6-8-18-27-20(24-14-10-22(4)11-15-24)25-16-12-23(5)13-17-25/h20H,6-19H2,1-5H3. The summed E-state index contributed by atoms with van der Waals surface area (Å²) in [4.78, 5) is 10.5. The van der Waals surface area contributed by atoms with Gasteiger partial charge in [-0.2, -0.15) is 0 Å². The third-order valence-corrected chi connectivity index (χ3v) is 8.73. The molecule has 5 nitrogen and oxygen atoms in total. The highest BCUT2D eigenvalue weighted by Gasteiger charge is 2.29. The van der Waals surface area contributed by atoms with Gasteiger partial charge in [0.15, 0.2) is 0 Å². The smallest absolute Gasteiger partial charge is 0.230 e. The average Bonchev–Trinajstić information content (AvgIpc) is 2.64. The Balaban J connectivity index is 1.63. The van der Waals surface area contributed by atoms with Crippen molar-refractivity contribution in [2.45, 2.75) is 69.9 Å². The Morgan fingerprint density at radius 3 is 1.64 bits per heavy atom. The summed E-state index contributed by atoms with van der Waals surface area (Å²) in [6.45, 7) is 16.3. The van der Waals surface area contributed by atoms with E-state index < -0.39 is 0 Å². The van der Waals surface area contributed by atoms with Crippen LogP contribution >= 0.6 is 0 Å². The highest BCUT2D eigenvalue weighted by molar-refractivity contribution is 6.37. The quantitative estimate of drug-likeness (QED) is 0.374. The van der Waals surface area contributed by atoms with Gasteiger partial charge in [-0.1, -0.05) is 31.7 Å². The highest BCUT2D eigenvalue weighted by Crippen LogP contribution is 2.15. The Morgan fingerprint density at radius 1 is 0.714 bits per heavy atom. The molecule has 2 aliphatic heterocycles. The van der Waals surface area contributed by atoms with Gasteiger partial charge in [-0.25, -0.2) is 0 Å². The molecule has 0 amide bonds. The fourth-order valence-corrected chi connectivity index (χ4v) is 6.47. The van der Waals surface area contributed by atoms with Gasteiger partial charge in [0, 0.05) is 63.7 Å². The molecule has 28 heavy (non-hydrogen) atoms. The van der Waals surface area contributed by atoms with Crippen LogP contribution in [0.25, 0.3) is 0 Å². The summed E-state index contributed by atoms with van der Waals surface area (Å²) in [7, 11) is 6.26. The molecule has 7 heteroatoms. The van der Waals surface area contributed by atoms with E-state index in [1.165, 1.54) is 90.1 Å². The maximum Gasteiger partial charge on any atom is 0.230 e. The fraction of sp³-hybridized carbons (Fsp3) is 1.00. The Labute approximate surface area is 179 Å². The van der Waals surface area contributed by atoms with Crippen LogP contribution in [0, 0.1) is 0 Å². The first-order valence-corrected chi connectivity index (χ1v) is 13.7. The molecule has 4 radical (unpaired) electrons. The van der Waals surface area contributed by atoms with Crippen molar-refractivity contribution in [2.24, 2.45) is 0 Å². The Bertz CT molecular complexity index is 384. The molecule has 0 bridgehead atoms. The predicted octanol–water partition coefficient (Wildman–Crippen LogP) is 2.30. The minimum absolute atomic E-state index is 0.0289. The van der Waals surface area contributed by atoms with E-state index in [1.54, 1.807) is 0 Å². The van der Waals surface area contributed by atoms with Crippen molar-refractivity contribution in [3.63, 3.8) is 0 Å². The third-order valence-electron chi connectivity index (χ3n) is 5.68. The van der Waals surface area contributed by atoms with Gasteiger partial charge < -0.3 is 14.2 Å². The lowest BCUT2D eigenvalue weighted by atomic mass is 10.2. The Kier molecular flexibility index (Phi) is 11.2. The summed E-state index contributed by atoms with van der Waals surface area (Å²) in [6.07, 6.45) is 5.50. The van der Waals surface area contributed by atoms with Crippen LogP contribution in [0.4, 0.5) is 0 Å². The monoisotopic (exact) mass is 424 g/mol. The van der Waals surface area contributed by atoms with Gasteiger partial charge in [-0.3, -0.25) is 9.80 Å². The molecule has 0 unspecified atom stereocenters. The van der Waals surface area contributed by atoms with E-state index in [0.29, 0.717) is 15.6 Å². The number of unbranched alkanes of at least 4 members (excludes halogenated alkanes) is 3. The summed E-state index contributed by atoms with van der Waals surface area (Å²) in [5.74, 6) is 0.698. The number of hydrogen-bond donors (Lipinski definition) is 0. The molecule has 2 heterocycles. The second-order valence-electron chi connectivity index (χ2n) is 9.53. The highest BCUT2D eigenvalue weighted by atomic mass is 28.2. The lowest BCUT2D eigenvalue weighted by Gasteiger charge is -2.45. The molecule has 0 N–H and O–H groups in total. The van der Waals surface area contributed by atoms with Crippen LogP contribution in [0.3, 0.4) is 0 Å². The molecule has 162 valence electrons. The van der Waals surface area contributed by atoms with E-state index >= 15 is 0 Å². The van der Waals surface area contributed by atoms with Gasteiger partial charge in [0.1, 0.15) is 0 Å². The molecule has 2 saturated heterocycles. The molecule has 0 saturated carbocycles. The van der Waals surface area contributed by atoms with Crippen molar-refractivity contribution >= 4 is 19.3 Å². The van der Waals surface area contributed by atoms with Crippen LogP contribution in [0.1, 0.15) is 46.5 Å². The lowest BCUT2D eigenvalue weighted by molar-refractivity contribution is 0.0311. The SMILES string of the molecule is CN1CCN(C([Si]CCCCCC[Si]OC(C)(C)C)N2CCN(C)CC2)CC1. The summed E-state index contributed by atoms with van der Waals surface area (Å²) in [5, 5.41) is 0. The number of likely N-dealkylation sites (N-methyl/N-ethyl adjacent to an activating group) is 2.